The van der Waals surface area contributed by atoms with Crippen LogP contribution in [0.15, 0.2) is 12.3 Å². The van der Waals surface area contributed by atoms with Gasteiger partial charge in [-0.15, -0.1) is 0 Å². The van der Waals surface area contributed by atoms with E-state index in [-0.39, 0.29) is 0 Å². The van der Waals surface area contributed by atoms with Gasteiger partial charge in [-0.2, -0.15) is 0 Å². The van der Waals surface area contributed by atoms with Crippen molar-refractivity contribution in [2.75, 3.05) is 24.5 Å². The molecule has 0 aromatic carbocycles. The molecule has 0 atom stereocenters. The second-order valence-corrected chi connectivity index (χ2v) is 5.25. The Balaban J connectivity index is 2.87. The van der Waals surface area contributed by atoms with E-state index in [0.717, 1.165) is 42.6 Å². The van der Waals surface area contributed by atoms with Gasteiger partial charge in [-0.1, -0.05) is 32.4 Å². The Morgan fingerprint density at radius 3 is 2.67 bits per heavy atom. The molecule has 0 aliphatic heterocycles. The average molecular weight is 270 g/mol. The lowest BCUT2D eigenvalue weighted by Crippen LogP contribution is -2.28. The van der Waals surface area contributed by atoms with Crippen LogP contribution in [0.3, 0.4) is 0 Å². The first-order chi connectivity index (χ1) is 8.58. The van der Waals surface area contributed by atoms with Crippen LogP contribution in [0.2, 0.25) is 5.02 Å². The summed E-state index contributed by atoms with van der Waals surface area (Å²) < 4.78 is 0. The monoisotopic (exact) mass is 269 g/mol. The topological polar surface area (TPSA) is 28.2 Å². The lowest BCUT2D eigenvalue weighted by molar-refractivity contribution is 0.614. The molecule has 0 spiro atoms. The minimum atomic E-state index is 0.625. The van der Waals surface area contributed by atoms with Crippen LogP contribution in [0.1, 0.15) is 33.3 Å². The summed E-state index contributed by atoms with van der Waals surface area (Å²) in [6, 6.07) is 2.09. The van der Waals surface area contributed by atoms with E-state index in [1.165, 1.54) is 0 Å². The van der Waals surface area contributed by atoms with Gasteiger partial charge in [-0.3, -0.25) is 0 Å². The van der Waals surface area contributed by atoms with E-state index in [1.807, 2.05) is 0 Å². The highest BCUT2D eigenvalue weighted by Gasteiger charge is 2.10. The van der Waals surface area contributed by atoms with Crippen LogP contribution >= 0.6 is 11.6 Å². The van der Waals surface area contributed by atoms with Crippen molar-refractivity contribution in [1.82, 2.24) is 10.3 Å². The van der Waals surface area contributed by atoms with Crippen LogP contribution in [0, 0.1) is 5.92 Å². The number of anilines is 1. The zero-order valence-corrected chi connectivity index (χ0v) is 12.6. The first-order valence-corrected chi connectivity index (χ1v) is 7.06. The summed E-state index contributed by atoms with van der Waals surface area (Å²) >= 11 is 6.16. The molecule has 0 fully saturated rings. The molecular formula is C14H24ClN3. The van der Waals surface area contributed by atoms with E-state index in [0.29, 0.717) is 5.92 Å². The zero-order chi connectivity index (χ0) is 13.5. The number of hydrogen-bond acceptors (Lipinski definition) is 3. The molecule has 102 valence electrons. The fourth-order valence-corrected chi connectivity index (χ4v) is 2.03. The van der Waals surface area contributed by atoms with Crippen LogP contribution in [-0.4, -0.2) is 24.6 Å². The number of pyridine rings is 1. The minimum Gasteiger partial charge on any atom is -0.357 e. The molecule has 0 aliphatic rings. The van der Waals surface area contributed by atoms with Gasteiger partial charge in [0.1, 0.15) is 5.82 Å². The van der Waals surface area contributed by atoms with E-state index < -0.39 is 0 Å². The normalized spacial score (nSPS) is 11.0. The van der Waals surface area contributed by atoms with Gasteiger partial charge < -0.3 is 10.2 Å². The minimum absolute atomic E-state index is 0.625. The maximum atomic E-state index is 6.16. The summed E-state index contributed by atoms with van der Waals surface area (Å²) in [5, 5.41) is 4.04. The number of rotatable bonds is 7. The Morgan fingerprint density at radius 1 is 1.39 bits per heavy atom. The molecule has 1 aromatic rings. The Hall–Kier alpha value is -0.800. The van der Waals surface area contributed by atoms with Crippen LogP contribution in [-0.2, 0) is 6.54 Å². The van der Waals surface area contributed by atoms with E-state index in [1.54, 1.807) is 6.20 Å². The lowest BCUT2D eigenvalue weighted by atomic mass is 10.2. The third kappa shape index (κ3) is 4.46. The van der Waals surface area contributed by atoms with E-state index in [4.69, 9.17) is 11.6 Å². The van der Waals surface area contributed by atoms with Crippen molar-refractivity contribution < 1.29 is 0 Å². The van der Waals surface area contributed by atoms with E-state index in [2.05, 4.69) is 49.0 Å². The highest BCUT2D eigenvalue weighted by atomic mass is 35.5. The second kappa shape index (κ2) is 7.59. The highest BCUT2D eigenvalue weighted by Crippen LogP contribution is 2.21. The fourth-order valence-electron chi connectivity index (χ4n) is 1.86. The number of nitrogens with zero attached hydrogens (tertiary/aromatic N) is 2. The van der Waals surface area contributed by atoms with Crippen molar-refractivity contribution in [2.24, 2.45) is 5.92 Å². The smallest absolute Gasteiger partial charge is 0.128 e. The average Bonchev–Trinajstić information content (AvgIpc) is 2.35. The van der Waals surface area contributed by atoms with Gasteiger partial charge in [0.2, 0.25) is 0 Å². The van der Waals surface area contributed by atoms with Crippen LogP contribution < -0.4 is 10.2 Å². The van der Waals surface area contributed by atoms with Gasteiger partial charge in [-0.25, -0.2) is 4.98 Å². The molecule has 3 nitrogen and oxygen atoms in total. The lowest BCUT2D eigenvalue weighted by Gasteiger charge is -2.24. The molecule has 0 aliphatic carbocycles. The fraction of sp³-hybridized carbons (Fsp3) is 0.643. The SMILES string of the molecule is CCNCc1cc(N(CC)CC(C)C)ncc1Cl. The Labute approximate surface area is 116 Å². The number of aromatic nitrogens is 1. The summed E-state index contributed by atoms with van der Waals surface area (Å²) in [7, 11) is 0. The Bertz CT molecular complexity index is 366. The van der Waals surface area contributed by atoms with Crippen molar-refractivity contribution in [3.63, 3.8) is 0 Å². The van der Waals surface area contributed by atoms with E-state index in [9.17, 15) is 0 Å². The predicted molar refractivity (Wildman–Crippen MR) is 79.4 cm³/mol. The zero-order valence-electron chi connectivity index (χ0n) is 11.8. The number of hydrogen-bond donors (Lipinski definition) is 1. The maximum absolute atomic E-state index is 6.16. The van der Waals surface area contributed by atoms with Gasteiger partial charge in [0.25, 0.3) is 0 Å². The molecule has 0 bridgehead atoms. The molecule has 0 amide bonds. The third-order valence-corrected chi connectivity index (χ3v) is 3.12. The van der Waals surface area contributed by atoms with Gasteiger partial charge in [-0.05, 0) is 31.0 Å². The van der Waals surface area contributed by atoms with Crippen molar-refractivity contribution in [2.45, 2.75) is 34.2 Å². The van der Waals surface area contributed by atoms with Gasteiger partial charge in [0.15, 0.2) is 0 Å². The molecule has 4 heteroatoms. The van der Waals surface area contributed by atoms with Crippen molar-refractivity contribution in [3.8, 4) is 0 Å². The molecule has 18 heavy (non-hydrogen) atoms. The molecule has 1 rings (SSSR count). The van der Waals surface area contributed by atoms with Gasteiger partial charge in [0.05, 0.1) is 5.02 Å². The van der Waals surface area contributed by atoms with Crippen molar-refractivity contribution in [1.29, 1.82) is 0 Å². The Morgan fingerprint density at radius 2 is 2.11 bits per heavy atom. The molecule has 0 radical (unpaired) electrons. The summed E-state index contributed by atoms with van der Waals surface area (Å²) in [5.41, 5.74) is 1.12. The maximum Gasteiger partial charge on any atom is 0.128 e. The van der Waals surface area contributed by atoms with Crippen molar-refractivity contribution >= 4 is 17.4 Å². The number of halogens is 1. The van der Waals surface area contributed by atoms with Gasteiger partial charge >= 0.3 is 0 Å². The van der Waals surface area contributed by atoms with Crippen LogP contribution in [0.25, 0.3) is 0 Å². The first kappa shape index (κ1) is 15.3. The Kier molecular flexibility index (Phi) is 6.44. The van der Waals surface area contributed by atoms with Crippen LogP contribution in [0.5, 0.6) is 0 Å². The molecule has 1 heterocycles. The largest absolute Gasteiger partial charge is 0.357 e. The predicted octanol–water partition coefficient (Wildman–Crippen LogP) is 3.33. The van der Waals surface area contributed by atoms with E-state index >= 15 is 0 Å². The van der Waals surface area contributed by atoms with Gasteiger partial charge in [0, 0.05) is 25.8 Å². The summed E-state index contributed by atoms with van der Waals surface area (Å²) in [6.07, 6.45) is 1.76. The first-order valence-electron chi connectivity index (χ1n) is 6.68. The standard InChI is InChI=1S/C14H24ClN3/c1-5-16-8-12-7-14(17-9-13(12)15)18(6-2)10-11(3)4/h7,9,11,16H,5-6,8,10H2,1-4H3. The molecule has 1 N–H and O–H groups in total. The molecule has 0 saturated carbocycles. The molecule has 0 saturated heterocycles. The molecule has 0 unspecified atom stereocenters. The summed E-state index contributed by atoms with van der Waals surface area (Å²) in [4.78, 5) is 6.73. The highest BCUT2D eigenvalue weighted by molar-refractivity contribution is 6.31. The second-order valence-electron chi connectivity index (χ2n) is 4.85. The molecule has 1 aromatic heterocycles. The third-order valence-electron chi connectivity index (χ3n) is 2.78. The van der Waals surface area contributed by atoms with Crippen molar-refractivity contribution in [3.05, 3.63) is 22.8 Å². The number of nitrogens with one attached hydrogen (secondary N) is 1. The summed E-state index contributed by atoms with van der Waals surface area (Å²) in [6.45, 7) is 12.4. The molecular weight excluding hydrogens is 246 g/mol. The quantitative estimate of drug-likeness (QED) is 0.823. The summed E-state index contributed by atoms with van der Waals surface area (Å²) in [5.74, 6) is 1.64. The van der Waals surface area contributed by atoms with Crippen LogP contribution in [0.4, 0.5) is 5.82 Å².